The molecular formula is C14H18ClN3O2S. The Balaban J connectivity index is 2.37. The number of nitrogens with zero attached hydrogens (tertiary/aromatic N) is 2. The molecule has 7 heteroatoms. The first-order valence-corrected chi connectivity index (χ1v) is 7.96. The van der Waals surface area contributed by atoms with Crippen molar-refractivity contribution in [1.82, 2.24) is 4.98 Å². The SMILES string of the molecule is C/C(=N\[S@+]([O-])C(C)(C)C)C1=Cc2cc(Cl)cnc2NC1O. The Morgan fingerprint density at radius 2 is 2.19 bits per heavy atom. The van der Waals surface area contributed by atoms with Crippen LogP contribution in [0, 0.1) is 0 Å². The van der Waals surface area contributed by atoms with E-state index in [2.05, 4.69) is 14.7 Å². The van der Waals surface area contributed by atoms with Gasteiger partial charge >= 0.3 is 0 Å². The molecule has 2 atom stereocenters. The van der Waals surface area contributed by atoms with Gasteiger partial charge in [-0.15, -0.1) is 0 Å². The summed E-state index contributed by atoms with van der Waals surface area (Å²) in [5, 5.41) is 13.5. The maximum atomic E-state index is 12.1. The Morgan fingerprint density at radius 3 is 2.81 bits per heavy atom. The first kappa shape index (κ1) is 16.3. The third kappa shape index (κ3) is 3.77. The predicted molar refractivity (Wildman–Crippen MR) is 87.9 cm³/mol. The minimum absolute atomic E-state index is 0.447. The highest BCUT2D eigenvalue weighted by molar-refractivity contribution is 7.91. The predicted octanol–water partition coefficient (Wildman–Crippen LogP) is 2.79. The summed E-state index contributed by atoms with van der Waals surface area (Å²) in [6.45, 7) is 7.28. The summed E-state index contributed by atoms with van der Waals surface area (Å²) in [5.74, 6) is 0.556. The normalized spacial score (nSPS) is 20.4. The monoisotopic (exact) mass is 327 g/mol. The number of hydrogen-bond acceptors (Lipinski definition) is 5. The van der Waals surface area contributed by atoms with Gasteiger partial charge in [0.1, 0.15) is 21.9 Å². The van der Waals surface area contributed by atoms with Crippen LogP contribution in [0.5, 0.6) is 0 Å². The largest absolute Gasteiger partial charge is 0.591 e. The summed E-state index contributed by atoms with van der Waals surface area (Å²) >= 11 is 4.54. The van der Waals surface area contributed by atoms with Crippen LogP contribution in [-0.2, 0) is 11.4 Å². The molecule has 0 amide bonds. The van der Waals surface area contributed by atoms with Crippen molar-refractivity contribution in [3.05, 3.63) is 28.4 Å². The van der Waals surface area contributed by atoms with Gasteiger partial charge in [-0.1, -0.05) is 16.0 Å². The Bertz CT molecular complexity index is 611. The van der Waals surface area contributed by atoms with E-state index in [1.165, 1.54) is 6.20 Å². The highest BCUT2D eigenvalue weighted by Gasteiger charge is 2.29. The minimum atomic E-state index is -1.38. The third-order valence-electron chi connectivity index (χ3n) is 2.92. The lowest BCUT2D eigenvalue weighted by Crippen LogP contribution is -2.31. The molecule has 1 aliphatic heterocycles. The van der Waals surface area contributed by atoms with Crippen LogP contribution in [-0.4, -0.2) is 31.3 Å². The number of pyridine rings is 1. The van der Waals surface area contributed by atoms with E-state index < -0.39 is 22.3 Å². The fraction of sp³-hybridized carbons (Fsp3) is 0.429. The Hall–Kier alpha value is -1.08. The van der Waals surface area contributed by atoms with Gasteiger partial charge in [0.05, 0.1) is 10.7 Å². The summed E-state index contributed by atoms with van der Waals surface area (Å²) in [7, 11) is 0. The number of aliphatic hydroxyl groups excluding tert-OH is 1. The van der Waals surface area contributed by atoms with Gasteiger partial charge in [0, 0.05) is 17.3 Å². The molecule has 2 heterocycles. The van der Waals surface area contributed by atoms with Crippen LogP contribution in [0.4, 0.5) is 5.82 Å². The Kier molecular flexibility index (Phi) is 4.63. The van der Waals surface area contributed by atoms with Gasteiger partial charge in [-0.2, -0.15) is 0 Å². The molecule has 2 rings (SSSR count). The van der Waals surface area contributed by atoms with E-state index in [9.17, 15) is 9.66 Å². The third-order valence-corrected chi connectivity index (χ3v) is 4.62. The molecule has 0 aliphatic carbocycles. The maximum absolute atomic E-state index is 12.1. The fourth-order valence-corrected chi connectivity index (χ4v) is 2.55. The molecule has 0 fully saturated rings. The second-order valence-corrected chi connectivity index (χ2v) is 8.12. The van der Waals surface area contributed by atoms with Gasteiger partial charge in [-0.05, 0) is 39.8 Å². The van der Waals surface area contributed by atoms with Gasteiger partial charge < -0.3 is 15.0 Å². The molecule has 2 N–H and O–H groups in total. The number of rotatable bonds is 2. The zero-order valence-electron chi connectivity index (χ0n) is 12.3. The molecule has 1 unspecified atom stereocenters. The smallest absolute Gasteiger partial charge is 0.153 e. The molecule has 1 aliphatic rings. The molecule has 114 valence electrons. The number of aliphatic hydroxyl groups is 1. The zero-order chi connectivity index (χ0) is 15.8. The second-order valence-electron chi connectivity index (χ2n) is 5.78. The maximum Gasteiger partial charge on any atom is 0.153 e. The minimum Gasteiger partial charge on any atom is -0.591 e. The summed E-state index contributed by atoms with van der Waals surface area (Å²) in [6.07, 6.45) is 2.33. The van der Waals surface area contributed by atoms with E-state index in [0.717, 1.165) is 5.56 Å². The summed E-state index contributed by atoms with van der Waals surface area (Å²) < 4.78 is 15.8. The average molecular weight is 328 g/mol. The van der Waals surface area contributed by atoms with Gasteiger partial charge in [-0.25, -0.2) is 4.98 Å². The van der Waals surface area contributed by atoms with Crippen LogP contribution in [0.3, 0.4) is 0 Å². The first-order chi connectivity index (χ1) is 9.68. The molecule has 5 nitrogen and oxygen atoms in total. The molecule has 0 radical (unpaired) electrons. The lowest BCUT2D eigenvalue weighted by Gasteiger charge is -2.24. The molecule has 0 aromatic carbocycles. The van der Waals surface area contributed by atoms with E-state index in [0.29, 0.717) is 22.1 Å². The molecule has 21 heavy (non-hydrogen) atoms. The molecule has 0 bridgehead atoms. The van der Waals surface area contributed by atoms with Crippen LogP contribution >= 0.6 is 11.6 Å². The van der Waals surface area contributed by atoms with Crippen LogP contribution in [0.1, 0.15) is 33.3 Å². The van der Waals surface area contributed by atoms with E-state index >= 15 is 0 Å². The molecule has 1 aromatic rings. The van der Waals surface area contributed by atoms with Crippen LogP contribution in [0.2, 0.25) is 5.02 Å². The van der Waals surface area contributed by atoms with Crippen molar-refractivity contribution in [2.45, 2.75) is 38.7 Å². The first-order valence-electron chi connectivity index (χ1n) is 6.48. The Labute approximate surface area is 132 Å². The van der Waals surface area contributed by atoms with E-state index in [1.807, 2.05) is 20.8 Å². The average Bonchev–Trinajstić information content (AvgIpc) is 2.37. The summed E-state index contributed by atoms with van der Waals surface area (Å²) in [5.41, 5.74) is 1.84. The molecule has 0 saturated heterocycles. The molecular weight excluding hydrogens is 310 g/mol. The number of fused-ring (bicyclic) bond motifs is 1. The van der Waals surface area contributed by atoms with Crippen LogP contribution in [0.25, 0.3) is 6.08 Å². The van der Waals surface area contributed by atoms with Crippen molar-refractivity contribution in [3.63, 3.8) is 0 Å². The van der Waals surface area contributed by atoms with Gasteiger partial charge in [0.15, 0.2) is 6.23 Å². The van der Waals surface area contributed by atoms with E-state index in [4.69, 9.17) is 11.6 Å². The van der Waals surface area contributed by atoms with Crippen molar-refractivity contribution in [3.8, 4) is 0 Å². The topological polar surface area (TPSA) is 80.6 Å². The van der Waals surface area contributed by atoms with Crippen molar-refractivity contribution < 1.29 is 9.66 Å². The number of aromatic nitrogens is 1. The number of anilines is 1. The highest BCUT2D eigenvalue weighted by Crippen LogP contribution is 2.28. The van der Waals surface area contributed by atoms with Crippen molar-refractivity contribution in [2.24, 2.45) is 4.40 Å². The zero-order valence-corrected chi connectivity index (χ0v) is 13.9. The van der Waals surface area contributed by atoms with Crippen LogP contribution in [0.15, 0.2) is 22.2 Å². The molecule has 1 aromatic heterocycles. The summed E-state index contributed by atoms with van der Waals surface area (Å²) in [6, 6.07) is 1.75. The second kappa shape index (κ2) is 5.96. The highest BCUT2D eigenvalue weighted by atomic mass is 35.5. The standard InChI is InChI=1S/C14H18ClN3O2S/c1-8(18-21(20)14(2,3)4)11-6-9-5-10(15)7-16-12(9)17-13(11)19/h5-7,13,19H,1-4H3,(H,16,17)/b18-8+/t13?,21-/m1/s1. The fourth-order valence-electron chi connectivity index (χ4n) is 1.76. The summed E-state index contributed by atoms with van der Waals surface area (Å²) in [4.78, 5) is 4.12. The van der Waals surface area contributed by atoms with Gasteiger partial charge in [-0.3, -0.25) is 0 Å². The van der Waals surface area contributed by atoms with E-state index in [1.54, 1.807) is 19.1 Å². The number of hydrogen-bond donors (Lipinski definition) is 2. The molecule has 0 saturated carbocycles. The quantitative estimate of drug-likeness (QED) is 0.646. The van der Waals surface area contributed by atoms with Crippen molar-refractivity contribution >= 4 is 40.6 Å². The van der Waals surface area contributed by atoms with E-state index in [-0.39, 0.29) is 0 Å². The van der Waals surface area contributed by atoms with Crippen molar-refractivity contribution in [2.75, 3.05) is 5.32 Å². The van der Waals surface area contributed by atoms with Crippen LogP contribution < -0.4 is 5.32 Å². The van der Waals surface area contributed by atoms with Crippen molar-refractivity contribution in [1.29, 1.82) is 0 Å². The number of halogens is 1. The lowest BCUT2D eigenvalue weighted by atomic mass is 10.0. The molecule has 0 spiro atoms. The lowest BCUT2D eigenvalue weighted by molar-refractivity contribution is 0.245. The number of nitrogens with one attached hydrogen (secondary N) is 1. The van der Waals surface area contributed by atoms with Gasteiger partial charge in [0.25, 0.3) is 0 Å². The van der Waals surface area contributed by atoms with Gasteiger partial charge in [0.2, 0.25) is 0 Å². The Morgan fingerprint density at radius 1 is 1.52 bits per heavy atom.